The van der Waals surface area contributed by atoms with Crippen LogP contribution in [-0.2, 0) is 20.7 Å². The SMILES string of the molecule is COC1CCC(Cc2cccc(-c3ccccc3C(C)=O)c2)(C(=O)NC2CCN(C)CC2)CC1.O=CO. The summed E-state index contributed by atoms with van der Waals surface area (Å²) in [5, 5.41) is 10.3. The molecule has 2 N–H and O–H groups in total. The number of benzene rings is 2. The van der Waals surface area contributed by atoms with Crippen LogP contribution in [0.5, 0.6) is 0 Å². The molecule has 0 bridgehead atoms. The first kappa shape index (κ1) is 28.5. The normalized spacial score (nSPS) is 22.4. The van der Waals surface area contributed by atoms with Crippen LogP contribution in [-0.4, -0.2) is 67.6 Å². The summed E-state index contributed by atoms with van der Waals surface area (Å²) < 4.78 is 5.62. The Morgan fingerprint density at radius 3 is 2.35 bits per heavy atom. The summed E-state index contributed by atoms with van der Waals surface area (Å²) in [5.74, 6) is 0.263. The molecule has 1 amide bonds. The highest BCUT2D eigenvalue weighted by molar-refractivity contribution is 6.00. The van der Waals surface area contributed by atoms with Gasteiger partial charge in [-0.1, -0.05) is 48.5 Å². The van der Waals surface area contributed by atoms with E-state index in [2.05, 4.69) is 35.5 Å². The number of ketones is 1. The van der Waals surface area contributed by atoms with Crippen molar-refractivity contribution in [1.82, 2.24) is 10.2 Å². The van der Waals surface area contributed by atoms with Gasteiger partial charge in [0.25, 0.3) is 6.47 Å². The highest BCUT2D eigenvalue weighted by Gasteiger charge is 2.42. The molecule has 0 aromatic heterocycles. The van der Waals surface area contributed by atoms with Crippen molar-refractivity contribution in [1.29, 1.82) is 0 Å². The molecule has 2 aromatic carbocycles. The Hall–Kier alpha value is -3.03. The van der Waals surface area contributed by atoms with Gasteiger partial charge >= 0.3 is 0 Å². The van der Waals surface area contributed by atoms with E-state index in [1.165, 1.54) is 0 Å². The Bertz CT molecular complexity index is 1050. The number of rotatable bonds is 7. The average molecular weight is 509 g/mol. The number of hydrogen-bond acceptors (Lipinski definition) is 5. The predicted octanol–water partition coefficient (Wildman–Crippen LogP) is 4.59. The predicted molar refractivity (Wildman–Crippen MR) is 145 cm³/mol. The second-order valence-electron chi connectivity index (χ2n) is 10.4. The first-order valence-electron chi connectivity index (χ1n) is 13.1. The average Bonchev–Trinajstić information content (AvgIpc) is 2.91. The zero-order chi connectivity index (χ0) is 26.8. The summed E-state index contributed by atoms with van der Waals surface area (Å²) in [6.45, 7) is 3.42. The summed E-state index contributed by atoms with van der Waals surface area (Å²) >= 11 is 0. The summed E-state index contributed by atoms with van der Waals surface area (Å²) in [6.07, 6.45) is 6.44. The number of carboxylic acid groups (broad SMARTS) is 1. The standard InChI is InChI=1S/C29H38N2O3.CH2O2/c1-21(32)26-9-4-5-10-27(26)23-8-6-7-22(19-23)20-29(15-11-25(34-3)12-16-29)28(33)30-24-13-17-31(2)18-14-24;2-1-3/h4-10,19,24-25H,11-18,20H2,1-3H3,(H,30,33);1H,(H,2,3). The quantitative estimate of drug-likeness (QED) is 0.420. The topological polar surface area (TPSA) is 95.9 Å². The number of carbonyl (C=O) groups excluding carboxylic acids is 2. The van der Waals surface area contributed by atoms with Gasteiger partial charge in [-0.05, 0) is 88.7 Å². The molecule has 0 spiro atoms. The lowest BCUT2D eigenvalue weighted by Crippen LogP contribution is -2.51. The Morgan fingerprint density at radius 1 is 1.08 bits per heavy atom. The molecular weight excluding hydrogens is 468 g/mol. The number of methoxy groups -OCH3 is 1. The van der Waals surface area contributed by atoms with Crippen molar-refractivity contribution in [2.45, 2.75) is 64.0 Å². The molecule has 4 rings (SSSR count). The van der Waals surface area contributed by atoms with Crippen LogP contribution in [0, 0.1) is 5.41 Å². The number of nitrogens with zero attached hydrogens (tertiary/aromatic N) is 1. The van der Waals surface area contributed by atoms with Crippen molar-refractivity contribution in [3.63, 3.8) is 0 Å². The van der Waals surface area contributed by atoms with Crippen LogP contribution in [0.25, 0.3) is 11.1 Å². The first-order chi connectivity index (χ1) is 17.8. The minimum Gasteiger partial charge on any atom is -0.483 e. The van der Waals surface area contributed by atoms with Gasteiger partial charge in [0.1, 0.15) is 0 Å². The molecule has 1 aliphatic heterocycles. The van der Waals surface area contributed by atoms with E-state index in [0.717, 1.165) is 73.9 Å². The fraction of sp³-hybridized carbons (Fsp3) is 0.500. The molecular formula is C30H40N2O5. The number of hydrogen-bond donors (Lipinski definition) is 2. The molecule has 1 saturated carbocycles. The molecule has 0 unspecified atom stereocenters. The zero-order valence-electron chi connectivity index (χ0n) is 22.2. The fourth-order valence-corrected chi connectivity index (χ4v) is 5.64. The number of nitrogens with one attached hydrogen (secondary N) is 1. The van der Waals surface area contributed by atoms with Gasteiger partial charge in [0.2, 0.25) is 5.91 Å². The third kappa shape index (κ3) is 7.49. The minimum absolute atomic E-state index is 0.0628. The van der Waals surface area contributed by atoms with Crippen molar-refractivity contribution < 1.29 is 24.2 Å². The van der Waals surface area contributed by atoms with E-state index < -0.39 is 5.41 Å². The summed E-state index contributed by atoms with van der Waals surface area (Å²) in [4.78, 5) is 36.6. The largest absolute Gasteiger partial charge is 0.483 e. The highest BCUT2D eigenvalue weighted by Crippen LogP contribution is 2.41. The van der Waals surface area contributed by atoms with E-state index in [9.17, 15) is 9.59 Å². The molecule has 2 fully saturated rings. The smallest absolute Gasteiger partial charge is 0.290 e. The van der Waals surface area contributed by atoms with Crippen molar-refractivity contribution in [2.75, 3.05) is 27.2 Å². The summed E-state index contributed by atoms with van der Waals surface area (Å²) in [5.41, 5.74) is 3.43. The molecule has 200 valence electrons. The maximum absolute atomic E-state index is 13.8. The Labute approximate surface area is 220 Å². The van der Waals surface area contributed by atoms with Gasteiger partial charge in [0, 0.05) is 18.7 Å². The minimum atomic E-state index is -0.420. The lowest BCUT2D eigenvalue weighted by Gasteiger charge is -2.40. The summed E-state index contributed by atoms with van der Waals surface area (Å²) in [7, 11) is 3.91. The van der Waals surface area contributed by atoms with E-state index in [4.69, 9.17) is 14.6 Å². The van der Waals surface area contributed by atoms with Gasteiger partial charge in [-0.3, -0.25) is 14.4 Å². The molecule has 0 radical (unpaired) electrons. The molecule has 1 heterocycles. The lowest BCUT2D eigenvalue weighted by atomic mass is 9.68. The van der Waals surface area contributed by atoms with Crippen molar-refractivity contribution in [3.05, 3.63) is 59.7 Å². The van der Waals surface area contributed by atoms with E-state index in [0.29, 0.717) is 6.42 Å². The highest BCUT2D eigenvalue weighted by atomic mass is 16.5. The fourth-order valence-electron chi connectivity index (χ4n) is 5.64. The van der Waals surface area contributed by atoms with E-state index in [-0.39, 0.29) is 30.3 Å². The number of amides is 1. The first-order valence-corrected chi connectivity index (χ1v) is 13.1. The maximum Gasteiger partial charge on any atom is 0.290 e. The van der Waals surface area contributed by atoms with E-state index in [1.807, 2.05) is 30.3 Å². The van der Waals surface area contributed by atoms with Crippen LogP contribution >= 0.6 is 0 Å². The second kappa shape index (κ2) is 13.5. The Balaban J connectivity index is 0.00000121. The molecule has 1 saturated heterocycles. The van der Waals surface area contributed by atoms with Crippen molar-refractivity contribution in [2.24, 2.45) is 5.41 Å². The Kier molecular flexibility index (Phi) is 10.4. The van der Waals surface area contributed by atoms with Crippen LogP contribution < -0.4 is 5.32 Å². The summed E-state index contributed by atoms with van der Waals surface area (Å²) in [6, 6.07) is 16.4. The van der Waals surface area contributed by atoms with Crippen LogP contribution in [0.2, 0.25) is 0 Å². The van der Waals surface area contributed by atoms with Crippen LogP contribution in [0.3, 0.4) is 0 Å². The molecule has 1 aliphatic carbocycles. The Morgan fingerprint density at radius 2 is 1.73 bits per heavy atom. The maximum atomic E-state index is 13.8. The van der Waals surface area contributed by atoms with Gasteiger partial charge in [-0.2, -0.15) is 0 Å². The van der Waals surface area contributed by atoms with Crippen LogP contribution in [0.1, 0.15) is 61.4 Å². The number of ether oxygens (including phenoxy) is 1. The number of likely N-dealkylation sites (tertiary alicyclic amines) is 1. The van der Waals surface area contributed by atoms with Crippen molar-refractivity contribution in [3.8, 4) is 11.1 Å². The zero-order valence-corrected chi connectivity index (χ0v) is 22.2. The van der Waals surface area contributed by atoms with Gasteiger partial charge in [-0.15, -0.1) is 0 Å². The van der Waals surface area contributed by atoms with Crippen LogP contribution in [0.4, 0.5) is 0 Å². The third-order valence-corrected chi connectivity index (χ3v) is 7.85. The van der Waals surface area contributed by atoms with Crippen molar-refractivity contribution >= 4 is 18.2 Å². The number of Topliss-reactive ketones (excluding diaryl/α,β-unsaturated/α-hetero) is 1. The molecule has 2 aliphatic rings. The lowest BCUT2D eigenvalue weighted by molar-refractivity contribution is -0.135. The molecule has 2 aromatic rings. The molecule has 7 heteroatoms. The molecule has 37 heavy (non-hydrogen) atoms. The van der Waals surface area contributed by atoms with Gasteiger partial charge in [-0.25, -0.2) is 0 Å². The third-order valence-electron chi connectivity index (χ3n) is 7.85. The number of carbonyl (C=O) groups is 3. The van der Waals surface area contributed by atoms with Gasteiger partial charge in [0.15, 0.2) is 5.78 Å². The molecule has 0 atom stereocenters. The van der Waals surface area contributed by atoms with Gasteiger partial charge < -0.3 is 20.1 Å². The number of piperidine rings is 1. The van der Waals surface area contributed by atoms with Crippen LogP contribution in [0.15, 0.2) is 48.5 Å². The second-order valence-corrected chi connectivity index (χ2v) is 10.4. The van der Waals surface area contributed by atoms with Gasteiger partial charge in [0.05, 0.1) is 11.5 Å². The molecule has 7 nitrogen and oxygen atoms in total. The van der Waals surface area contributed by atoms with E-state index in [1.54, 1.807) is 14.0 Å². The van der Waals surface area contributed by atoms with E-state index >= 15 is 0 Å². The monoisotopic (exact) mass is 508 g/mol.